The van der Waals surface area contributed by atoms with Crippen molar-refractivity contribution in [2.75, 3.05) is 37.4 Å². The number of ether oxygens (including phenoxy) is 1. The monoisotopic (exact) mass is 314 g/mol. The van der Waals surface area contributed by atoms with E-state index in [-0.39, 0.29) is 6.10 Å². The van der Waals surface area contributed by atoms with Crippen LogP contribution in [0.1, 0.15) is 12.0 Å². The number of hydrogen-bond acceptors (Lipinski definition) is 7. The van der Waals surface area contributed by atoms with Gasteiger partial charge in [-0.15, -0.1) is 0 Å². The Morgan fingerprint density at radius 3 is 3.09 bits per heavy atom. The molecule has 122 valence electrons. The lowest BCUT2D eigenvalue weighted by atomic mass is 10.2. The van der Waals surface area contributed by atoms with Crippen LogP contribution in [0.3, 0.4) is 0 Å². The normalized spacial score (nSPS) is 17.0. The zero-order valence-corrected chi connectivity index (χ0v) is 13.5. The lowest BCUT2D eigenvalue weighted by molar-refractivity contribution is 0.220. The molecular weight excluding hydrogens is 292 g/mol. The Bertz CT molecular complexity index is 642. The third-order valence-corrected chi connectivity index (χ3v) is 3.75. The summed E-state index contributed by atoms with van der Waals surface area (Å²) in [6.45, 7) is 2.52. The molecule has 2 aromatic heterocycles. The summed E-state index contributed by atoms with van der Waals surface area (Å²) in [5.74, 6) is 2.48. The van der Waals surface area contributed by atoms with Gasteiger partial charge in [-0.1, -0.05) is 0 Å². The SMILES string of the molecule is CN(C)c1cc(NCc2ccncc2O[C@H]2CCNC2)ncn1. The summed E-state index contributed by atoms with van der Waals surface area (Å²) in [5, 5.41) is 6.62. The van der Waals surface area contributed by atoms with Crippen molar-refractivity contribution < 1.29 is 4.74 Å². The predicted molar refractivity (Wildman–Crippen MR) is 89.8 cm³/mol. The molecule has 0 aromatic carbocycles. The molecule has 1 aliphatic heterocycles. The van der Waals surface area contributed by atoms with E-state index in [1.807, 2.05) is 31.1 Å². The number of nitrogens with zero attached hydrogens (tertiary/aromatic N) is 4. The summed E-state index contributed by atoms with van der Waals surface area (Å²) >= 11 is 0. The van der Waals surface area contributed by atoms with Gasteiger partial charge in [0.25, 0.3) is 0 Å². The highest BCUT2D eigenvalue weighted by atomic mass is 16.5. The van der Waals surface area contributed by atoms with Crippen molar-refractivity contribution in [3.63, 3.8) is 0 Å². The van der Waals surface area contributed by atoms with Crippen molar-refractivity contribution in [3.05, 3.63) is 36.4 Å². The molecule has 3 heterocycles. The van der Waals surface area contributed by atoms with Crippen LogP contribution in [0.4, 0.5) is 11.6 Å². The van der Waals surface area contributed by atoms with Crippen molar-refractivity contribution in [2.24, 2.45) is 0 Å². The smallest absolute Gasteiger partial charge is 0.143 e. The first kappa shape index (κ1) is 15.5. The maximum Gasteiger partial charge on any atom is 0.143 e. The Labute approximate surface area is 136 Å². The Morgan fingerprint density at radius 2 is 2.30 bits per heavy atom. The van der Waals surface area contributed by atoms with Gasteiger partial charge in [0.2, 0.25) is 0 Å². The van der Waals surface area contributed by atoms with Crippen LogP contribution < -0.4 is 20.3 Å². The fourth-order valence-corrected chi connectivity index (χ4v) is 2.44. The Morgan fingerprint density at radius 1 is 1.39 bits per heavy atom. The molecule has 7 nitrogen and oxygen atoms in total. The molecule has 0 aliphatic carbocycles. The molecule has 2 aromatic rings. The zero-order valence-electron chi connectivity index (χ0n) is 13.5. The fraction of sp³-hybridized carbons (Fsp3) is 0.438. The van der Waals surface area contributed by atoms with Crippen molar-refractivity contribution in [1.29, 1.82) is 0 Å². The molecule has 23 heavy (non-hydrogen) atoms. The van der Waals surface area contributed by atoms with Crippen molar-refractivity contribution >= 4 is 11.6 Å². The summed E-state index contributed by atoms with van der Waals surface area (Å²) in [4.78, 5) is 14.6. The molecule has 1 aliphatic rings. The Balaban J connectivity index is 1.67. The minimum Gasteiger partial charge on any atom is -0.487 e. The first-order valence-corrected chi connectivity index (χ1v) is 7.76. The summed E-state index contributed by atoms with van der Waals surface area (Å²) in [7, 11) is 3.91. The van der Waals surface area contributed by atoms with Crippen LogP contribution in [-0.2, 0) is 6.54 Å². The van der Waals surface area contributed by atoms with E-state index < -0.39 is 0 Å². The molecule has 3 rings (SSSR count). The molecule has 0 spiro atoms. The summed E-state index contributed by atoms with van der Waals surface area (Å²) in [6.07, 6.45) is 6.37. The number of hydrogen-bond donors (Lipinski definition) is 2. The molecule has 0 saturated carbocycles. The second-order valence-corrected chi connectivity index (χ2v) is 5.73. The van der Waals surface area contributed by atoms with E-state index in [9.17, 15) is 0 Å². The van der Waals surface area contributed by atoms with Crippen LogP contribution in [-0.4, -0.2) is 48.2 Å². The molecule has 0 bridgehead atoms. The highest BCUT2D eigenvalue weighted by molar-refractivity contribution is 5.48. The van der Waals surface area contributed by atoms with Gasteiger partial charge in [-0.05, 0) is 19.0 Å². The largest absolute Gasteiger partial charge is 0.487 e. The molecule has 1 atom stereocenters. The van der Waals surface area contributed by atoms with Gasteiger partial charge in [0, 0.05) is 45.0 Å². The van der Waals surface area contributed by atoms with E-state index >= 15 is 0 Å². The summed E-state index contributed by atoms with van der Waals surface area (Å²) in [5.41, 5.74) is 1.07. The topological polar surface area (TPSA) is 75.2 Å². The van der Waals surface area contributed by atoms with Crippen molar-refractivity contribution in [1.82, 2.24) is 20.3 Å². The lowest BCUT2D eigenvalue weighted by Gasteiger charge is -2.16. The van der Waals surface area contributed by atoms with Gasteiger partial charge >= 0.3 is 0 Å². The molecule has 2 N–H and O–H groups in total. The predicted octanol–water partition coefficient (Wildman–Crippen LogP) is 1.29. The average molecular weight is 314 g/mol. The highest BCUT2D eigenvalue weighted by Crippen LogP contribution is 2.21. The molecule has 0 amide bonds. The van der Waals surface area contributed by atoms with E-state index in [1.54, 1.807) is 18.7 Å². The van der Waals surface area contributed by atoms with Gasteiger partial charge in [0.15, 0.2) is 0 Å². The minimum absolute atomic E-state index is 0.220. The molecule has 0 radical (unpaired) electrons. The van der Waals surface area contributed by atoms with Gasteiger partial charge < -0.3 is 20.3 Å². The first-order valence-electron chi connectivity index (χ1n) is 7.76. The summed E-state index contributed by atoms with van der Waals surface area (Å²) in [6, 6.07) is 3.89. The van der Waals surface area contributed by atoms with Crippen LogP contribution in [0.25, 0.3) is 0 Å². The van der Waals surface area contributed by atoms with Crippen LogP contribution in [0, 0.1) is 0 Å². The van der Waals surface area contributed by atoms with Crippen LogP contribution >= 0.6 is 0 Å². The molecule has 1 fully saturated rings. The van der Waals surface area contributed by atoms with Gasteiger partial charge in [-0.2, -0.15) is 0 Å². The number of rotatable bonds is 6. The quantitative estimate of drug-likeness (QED) is 0.832. The Hall–Kier alpha value is -2.41. The van der Waals surface area contributed by atoms with E-state index in [0.717, 1.165) is 42.5 Å². The van der Waals surface area contributed by atoms with Gasteiger partial charge in [0.05, 0.1) is 6.20 Å². The fourth-order valence-electron chi connectivity index (χ4n) is 2.44. The van der Waals surface area contributed by atoms with Crippen molar-refractivity contribution in [3.8, 4) is 5.75 Å². The van der Waals surface area contributed by atoms with E-state index in [1.165, 1.54) is 0 Å². The second kappa shape index (κ2) is 7.23. The highest BCUT2D eigenvalue weighted by Gasteiger charge is 2.17. The lowest BCUT2D eigenvalue weighted by Crippen LogP contribution is -2.20. The third-order valence-electron chi connectivity index (χ3n) is 3.75. The van der Waals surface area contributed by atoms with Gasteiger partial charge in [-0.3, -0.25) is 4.98 Å². The second-order valence-electron chi connectivity index (χ2n) is 5.73. The minimum atomic E-state index is 0.220. The number of anilines is 2. The average Bonchev–Trinajstić information content (AvgIpc) is 3.07. The maximum absolute atomic E-state index is 6.05. The summed E-state index contributed by atoms with van der Waals surface area (Å²) < 4.78 is 6.05. The number of pyridine rings is 1. The molecule has 7 heteroatoms. The van der Waals surface area contributed by atoms with E-state index in [0.29, 0.717) is 6.54 Å². The third kappa shape index (κ3) is 4.07. The molecule has 0 unspecified atom stereocenters. The van der Waals surface area contributed by atoms with Crippen LogP contribution in [0.5, 0.6) is 5.75 Å². The number of nitrogens with one attached hydrogen (secondary N) is 2. The number of aromatic nitrogens is 3. The zero-order chi connectivity index (χ0) is 16.1. The van der Waals surface area contributed by atoms with Crippen LogP contribution in [0.15, 0.2) is 30.9 Å². The molecule has 1 saturated heterocycles. The molecular formula is C16H22N6O. The maximum atomic E-state index is 6.05. The van der Waals surface area contributed by atoms with E-state index in [2.05, 4.69) is 25.6 Å². The van der Waals surface area contributed by atoms with Crippen molar-refractivity contribution in [2.45, 2.75) is 19.1 Å². The standard InChI is InChI=1S/C16H22N6O/c1-22(2)16-7-15(20-11-21-16)19-8-12-3-5-18-10-14(12)23-13-4-6-17-9-13/h3,5,7,10-11,13,17H,4,6,8-9H2,1-2H3,(H,19,20,21)/t13-/m0/s1. The van der Waals surface area contributed by atoms with Gasteiger partial charge in [0.1, 0.15) is 29.8 Å². The Kier molecular flexibility index (Phi) is 4.87. The van der Waals surface area contributed by atoms with Crippen LogP contribution in [0.2, 0.25) is 0 Å². The first-order chi connectivity index (χ1) is 11.2. The van der Waals surface area contributed by atoms with Gasteiger partial charge in [-0.25, -0.2) is 9.97 Å². The van der Waals surface area contributed by atoms with E-state index in [4.69, 9.17) is 4.74 Å².